The molecule has 0 unspecified atom stereocenters. The highest BCUT2D eigenvalue weighted by molar-refractivity contribution is 8.15. The molecular weight excluding hydrogens is 314 g/mol. The van der Waals surface area contributed by atoms with E-state index in [4.69, 9.17) is 0 Å². The molecule has 1 aromatic carbocycles. The van der Waals surface area contributed by atoms with Gasteiger partial charge in [-0.15, -0.1) is 10.2 Å². The molecule has 21 heavy (non-hydrogen) atoms. The van der Waals surface area contributed by atoms with Crippen molar-refractivity contribution in [1.29, 1.82) is 0 Å². The minimum absolute atomic E-state index is 0.00539. The van der Waals surface area contributed by atoms with Crippen LogP contribution in [0.15, 0.2) is 29.3 Å². The zero-order valence-electron chi connectivity index (χ0n) is 10.3. The number of nitro benzene ring substituents is 1. The van der Waals surface area contributed by atoms with Crippen LogP contribution in [-0.4, -0.2) is 31.9 Å². The number of benzene rings is 1. The molecule has 0 bridgehead atoms. The van der Waals surface area contributed by atoms with Crippen molar-refractivity contribution >= 4 is 45.0 Å². The van der Waals surface area contributed by atoms with E-state index >= 15 is 0 Å². The standard InChI is InChI=1S/C11H7N5O3S2/c17-8-5-20-10(12-8)13-11-15-14-9(21-11)6-2-1-3-7(4-6)16(18)19/h1-4H,5H2,(H,12,13,15,17). The van der Waals surface area contributed by atoms with Gasteiger partial charge in [-0.1, -0.05) is 35.2 Å². The van der Waals surface area contributed by atoms with E-state index in [0.717, 1.165) is 0 Å². The number of carbonyl (C=O) groups excluding carboxylic acids is 1. The summed E-state index contributed by atoms with van der Waals surface area (Å²) in [7, 11) is 0. The van der Waals surface area contributed by atoms with Gasteiger partial charge in [-0.2, -0.15) is 4.99 Å². The van der Waals surface area contributed by atoms with Crippen LogP contribution in [0.5, 0.6) is 0 Å². The summed E-state index contributed by atoms with van der Waals surface area (Å²) in [6.07, 6.45) is 0. The molecule has 1 amide bonds. The molecule has 0 saturated carbocycles. The lowest BCUT2D eigenvalue weighted by molar-refractivity contribution is -0.384. The van der Waals surface area contributed by atoms with E-state index in [1.165, 1.54) is 35.2 Å². The van der Waals surface area contributed by atoms with E-state index in [2.05, 4.69) is 20.5 Å². The number of rotatable bonds is 3. The number of nitrogens with zero attached hydrogens (tertiary/aromatic N) is 4. The molecule has 0 aliphatic carbocycles. The molecule has 1 aliphatic heterocycles. The predicted molar refractivity (Wildman–Crippen MR) is 79.7 cm³/mol. The van der Waals surface area contributed by atoms with Crippen LogP contribution in [0.25, 0.3) is 10.6 Å². The number of hydrogen-bond acceptors (Lipinski definition) is 8. The number of aromatic nitrogens is 2. The largest absolute Gasteiger partial charge is 0.304 e. The summed E-state index contributed by atoms with van der Waals surface area (Å²) in [5.41, 5.74) is 0.602. The second-order valence-electron chi connectivity index (χ2n) is 3.95. The fourth-order valence-corrected chi connectivity index (χ4v) is 3.06. The number of amides is 1. The molecular formula is C11H7N5O3S2. The van der Waals surface area contributed by atoms with Crippen LogP contribution < -0.4 is 5.32 Å². The Morgan fingerprint density at radius 1 is 1.38 bits per heavy atom. The van der Waals surface area contributed by atoms with Crippen molar-refractivity contribution < 1.29 is 9.72 Å². The molecule has 8 nitrogen and oxygen atoms in total. The van der Waals surface area contributed by atoms with Gasteiger partial charge in [-0.05, 0) is 0 Å². The average Bonchev–Trinajstić information content (AvgIpc) is 3.09. The van der Waals surface area contributed by atoms with Crippen molar-refractivity contribution in [1.82, 2.24) is 15.5 Å². The molecule has 1 saturated heterocycles. The molecule has 1 N–H and O–H groups in total. The Morgan fingerprint density at radius 3 is 2.95 bits per heavy atom. The highest BCUT2D eigenvalue weighted by Gasteiger charge is 2.17. The Kier molecular flexibility index (Phi) is 3.62. The van der Waals surface area contributed by atoms with Crippen molar-refractivity contribution in [2.45, 2.75) is 0 Å². The van der Waals surface area contributed by atoms with Gasteiger partial charge in [0.05, 0.1) is 10.7 Å². The van der Waals surface area contributed by atoms with Crippen molar-refractivity contribution in [2.24, 2.45) is 4.99 Å². The van der Waals surface area contributed by atoms with Crippen LogP contribution in [0.1, 0.15) is 0 Å². The van der Waals surface area contributed by atoms with Gasteiger partial charge in [-0.25, -0.2) is 0 Å². The zero-order valence-corrected chi connectivity index (χ0v) is 12.0. The maximum absolute atomic E-state index is 11.1. The number of amidine groups is 1. The molecule has 1 aromatic heterocycles. The molecule has 1 aliphatic rings. The maximum Gasteiger partial charge on any atom is 0.270 e. The van der Waals surface area contributed by atoms with Gasteiger partial charge in [0.1, 0.15) is 5.01 Å². The summed E-state index contributed by atoms with van der Waals surface area (Å²) in [6.45, 7) is 0. The Morgan fingerprint density at radius 2 is 2.24 bits per heavy atom. The van der Waals surface area contributed by atoms with Gasteiger partial charge in [0.2, 0.25) is 11.0 Å². The summed E-state index contributed by atoms with van der Waals surface area (Å²) in [5.74, 6) is 0.247. The highest BCUT2D eigenvalue weighted by Crippen LogP contribution is 2.30. The number of hydrogen-bond donors (Lipinski definition) is 1. The first-order chi connectivity index (χ1) is 10.1. The molecule has 106 valence electrons. The van der Waals surface area contributed by atoms with Gasteiger partial charge in [0, 0.05) is 17.7 Å². The first-order valence-electron chi connectivity index (χ1n) is 5.71. The molecule has 3 rings (SSSR count). The lowest BCUT2D eigenvalue weighted by Crippen LogP contribution is -2.19. The Balaban J connectivity index is 1.86. The van der Waals surface area contributed by atoms with Crippen LogP contribution in [0.2, 0.25) is 0 Å². The minimum Gasteiger partial charge on any atom is -0.304 e. The summed E-state index contributed by atoms with van der Waals surface area (Å²) >= 11 is 2.49. The molecule has 0 radical (unpaired) electrons. The molecule has 0 atom stereocenters. The van der Waals surface area contributed by atoms with Gasteiger partial charge < -0.3 is 5.32 Å². The van der Waals surface area contributed by atoms with E-state index in [1.54, 1.807) is 12.1 Å². The molecule has 2 heterocycles. The number of nitro groups is 1. The molecule has 10 heteroatoms. The van der Waals surface area contributed by atoms with E-state index in [9.17, 15) is 14.9 Å². The average molecular weight is 321 g/mol. The van der Waals surface area contributed by atoms with Crippen LogP contribution in [0.3, 0.4) is 0 Å². The maximum atomic E-state index is 11.1. The normalized spacial score (nSPS) is 16.2. The van der Waals surface area contributed by atoms with E-state index < -0.39 is 4.92 Å². The smallest absolute Gasteiger partial charge is 0.270 e. The molecule has 0 spiro atoms. The number of aliphatic imine (C=N–C) groups is 1. The third-order valence-corrected chi connectivity index (χ3v) is 4.24. The first kappa shape index (κ1) is 13.6. The van der Waals surface area contributed by atoms with Gasteiger partial charge in [-0.3, -0.25) is 14.9 Å². The van der Waals surface area contributed by atoms with Crippen LogP contribution in [-0.2, 0) is 4.79 Å². The third kappa shape index (κ3) is 3.06. The first-order valence-corrected chi connectivity index (χ1v) is 7.52. The fraction of sp³-hybridized carbons (Fsp3) is 0.0909. The Hall–Kier alpha value is -2.33. The summed E-state index contributed by atoms with van der Waals surface area (Å²) in [4.78, 5) is 25.5. The van der Waals surface area contributed by atoms with Crippen LogP contribution in [0.4, 0.5) is 10.8 Å². The summed E-state index contributed by atoms with van der Waals surface area (Å²) < 4.78 is 0. The van der Waals surface area contributed by atoms with Gasteiger partial charge in [0.15, 0.2) is 5.17 Å². The monoisotopic (exact) mass is 321 g/mol. The molecule has 2 aromatic rings. The van der Waals surface area contributed by atoms with E-state index in [0.29, 0.717) is 26.6 Å². The second-order valence-corrected chi connectivity index (χ2v) is 5.87. The lowest BCUT2D eigenvalue weighted by atomic mass is 10.2. The van der Waals surface area contributed by atoms with Gasteiger partial charge >= 0.3 is 0 Å². The number of nitrogens with one attached hydrogen (secondary N) is 1. The lowest BCUT2D eigenvalue weighted by Gasteiger charge is -1.94. The van der Waals surface area contributed by atoms with Crippen molar-refractivity contribution in [2.75, 3.05) is 5.75 Å². The minimum atomic E-state index is -0.462. The highest BCUT2D eigenvalue weighted by atomic mass is 32.2. The SMILES string of the molecule is O=C1CS/C(=N/c2nnc(-c3cccc([N+](=O)[O-])c3)s2)N1. The third-order valence-electron chi connectivity index (χ3n) is 2.50. The summed E-state index contributed by atoms with van der Waals surface area (Å²) in [5, 5.41) is 22.6. The van der Waals surface area contributed by atoms with E-state index in [-0.39, 0.29) is 11.6 Å². The topological polar surface area (TPSA) is 110 Å². The predicted octanol–water partition coefficient (Wildman–Crippen LogP) is 1.96. The van der Waals surface area contributed by atoms with Crippen molar-refractivity contribution in [3.05, 3.63) is 34.4 Å². The zero-order chi connectivity index (χ0) is 14.8. The fourth-order valence-electron chi connectivity index (χ4n) is 1.60. The molecule has 1 fully saturated rings. The second kappa shape index (κ2) is 5.58. The number of thioether (sulfide) groups is 1. The van der Waals surface area contributed by atoms with Crippen LogP contribution >= 0.6 is 23.1 Å². The van der Waals surface area contributed by atoms with Crippen molar-refractivity contribution in [3.8, 4) is 10.6 Å². The quantitative estimate of drug-likeness (QED) is 0.683. The van der Waals surface area contributed by atoms with Crippen molar-refractivity contribution in [3.63, 3.8) is 0 Å². The Labute approximate surface area is 126 Å². The van der Waals surface area contributed by atoms with E-state index in [1.807, 2.05) is 0 Å². The summed E-state index contributed by atoms with van der Waals surface area (Å²) in [6, 6.07) is 6.16. The van der Waals surface area contributed by atoms with Gasteiger partial charge in [0.25, 0.3) is 5.69 Å². The Bertz CT molecular complexity index is 758. The number of non-ortho nitro benzene ring substituents is 1. The van der Waals surface area contributed by atoms with Crippen LogP contribution in [0, 0.1) is 10.1 Å². The number of carbonyl (C=O) groups is 1.